The number of hydrogen-bond donors (Lipinski definition) is 2. The molecule has 1 aromatic carbocycles. The summed E-state index contributed by atoms with van der Waals surface area (Å²) in [6, 6.07) is 7.02. The van der Waals surface area contributed by atoms with Crippen LogP contribution in [0.5, 0.6) is 5.75 Å². The third-order valence-corrected chi connectivity index (χ3v) is 5.23. The van der Waals surface area contributed by atoms with Gasteiger partial charge in [-0.1, -0.05) is 12.1 Å². The molecule has 1 aromatic rings. The number of nitrogens with zero attached hydrogens (tertiary/aromatic N) is 1. The average Bonchev–Trinajstić information content (AvgIpc) is 2.57. The van der Waals surface area contributed by atoms with Crippen LogP contribution in [0.1, 0.15) is 25.3 Å². The topological polar surface area (TPSA) is 113 Å². The van der Waals surface area contributed by atoms with Crippen LogP contribution in [-0.4, -0.2) is 55.7 Å². The first kappa shape index (κ1) is 20.9. The maximum Gasteiger partial charge on any atom is 0.303 e. The summed E-state index contributed by atoms with van der Waals surface area (Å²) in [5.74, 6) is -0.667. The van der Waals surface area contributed by atoms with Crippen LogP contribution < -0.4 is 10.1 Å². The number of carbonyl (C=O) groups excluding carboxylic acids is 1. The van der Waals surface area contributed by atoms with Crippen LogP contribution >= 0.6 is 0 Å². The molecular weight excluding hydrogens is 348 g/mol. The van der Waals surface area contributed by atoms with Crippen LogP contribution in [0, 0.1) is 0 Å². The van der Waals surface area contributed by atoms with Crippen molar-refractivity contribution in [2.24, 2.45) is 0 Å². The minimum absolute atomic E-state index is 0.0509. The van der Waals surface area contributed by atoms with Crippen molar-refractivity contribution in [3.8, 4) is 5.75 Å². The highest BCUT2D eigenvalue weighted by Gasteiger charge is 2.17. The van der Waals surface area contributed by atoms with E-state index in [0.717, 1.165) is 9.87 Å². The number of ether oxygens (including phenoxy) is 1. The summed E-state index contributed by atoms with van der Waals surface area (Å²) in [5.41, 5.74) is 0.840. The smallest absolute Gasteiger partial charge is 0.303 e. The zero-order chi connectivity index (χ0) is 18.9. The molecule has 0 bridgehead atoms. The predicted octanol–water partition coefficient (Wildman–Crippen LogP) is 0.828. The van der Waals surface area contributed by atoms with E-state index in [4.69, 9.17) is 9.84 Å². The number of carboxylic acid groups (broad SMARTS) is 1. The van der Waals surface area contributed by atoms with Gasteiger partial charge in [0.15, 0.2) is 0 Å². The number of hydrogen-bond acceptors (Lipinski definition) is 5. The number of likely N-dealkylation sites (N-methyl/N-ethyl adjacent to an activating group) is 1. The Hall–Kier alpha value is -2.13. The number of carbonyl (C=O) groups is 2. The fraction of sp³-hybridized carbons (Fsp3) is 0.500. The van der Waals surface area contributed by atoms with E-state index in [-0.39, 0.29) is 31.2 Å². The lowest BCUT2D eigenvalue weighted by Crippen LogP contribution is -2.38. The number of nitrogens with one attached hydrogen (secondary N) is 1. The molecule has 0 heterocycles. The van der Waals surface area contributed by atoms with E-state index >= 15 is 0 Å². The largest absolute Gasteiger partial charge is 0.494 e. The first-order valence-corrected chi connectivity index (χ1v) is 9.49. The summed E-state index contributed by atoms with van der Waals surface area (Å²) >= 11 is 0. The van der Waals surface area contributed by atoms with Gasteiger partial charge in [-0.3, -0.25) is 9.59 Å². The third-order valence-electron chi connectivity index (χ3n) is 3.42. The normalized spacial score (nSPS) is 11.3. The van der Waals surface area contributed by atoms with Crippen LogP contribution in [0.15, 0.2) is 24.3 Å². The summed E-state index contributed by atoms with van der Waals surface area (Å²) < 4.78 is 29.6. The van der Waals surface area contributed by atoms with Gasteiger partial charge in [-0.2, -0.15) is 4.31 Å². The van der Waals surface area contributed by atoms with Gasteiger partial charge in [0.05, 0.1) is 18.9 Å². The highest BCUT2D eigenvalue weighted by Crippen LogP contribution is 2.12. The summed E-state index contributed by atoms with van der Waals surface area (Å²) in [7, 11) is -2.01. The molecule has 0 aromatic heterocycles. The van der Waals surface area contributed by atoms with E-state index in [0.29, 0.717) is 18.8 Å². The molecule has 0 aliphatic heterocycles. The Morgan fingerprint density at radius 3 is 2.44 bits per heavy atom. The molecule has 1 amide bonds. The molecule has 8 nitrogen and oxygen atoms in total. The van der Waals surface area contributed by atoms with Gasteiger partial charge in [-0.15, -0.1) is 0 Å². The Labute approximate surface area is 147 Å². The molecule has 2 N–H and O–H groups in total. The minimum atomic E-state index is -3.38. The maximum absolute atomic E-state index is 11.8. The quantitative estimate of drug-likeness (QED) is 0.556. The van der Waals surface area contributed by atoms with E-state index < -0.39 is 16.0 Å². The third kappa shape index (κ3) is 7.99. The SMILES string of the molecule is CCS(=O)(=O)N(C)CC(=O)NCc1ccc(OCCCC(=O)O)cc1. The lowest BCUT2D eigenvalue weighted by molar-refractivity contribution is -0.137. The molecule has 0 fully saturated rings. The molecule has 1 rings (SSSR count). The zero-order valence-electron chi connectivity index (χ0n) is 14.4. The van der Waals surface area contributed by atoms with Crippen molar-refractivity contribution in [3.05, 3.63) is 29.8 Å². The molecule has 0 aliphatic carbocycles. The molecular formula is C16H24N2O6S. The first-order valence-electron chi connectivity index (χ1n) is 7.89. The van der Waals surface area contributed by atoms with Gasteiger partial charge in [0, 0.05) is 20.0 Å². The lowest BCUT2D eigenvalue weighted by atomic mass is 10.2. The summed E-state index contributed by atoms with van der Waals surface area (Å²) in [6.07, 6.45) is 0.494. The number of benzene rings is 1. The van der Waals surface area contributed by atoms with Crippen molar-refractivity contribution < 1.29 is 27.9 Å². The second-order valence-corrected chi connectivity index (χ2v) is 7.79. The molecule has 0 radical (unpaired) electrons. The molecule has 25 heavy (non-hydrogen) atoms. The number of aliphatic carboxylic acids is 1. The van der Waals surface area contributed by atoms with Crippen molar-refractivity contribution in [2.75, 3.05) is 26.0 Å². The summed E-state index contributed by atoms with van der Waals surface area (Å²) in [5, 5.41) is 11.2. The van der Waals surface area contributed by atoms with Gasteiger partial charge in [-0.05, 0) is 31.0 Å². The molecule has 0 aliphatic rings. The van der Waals surface area contributed by atoms with E-state index in [1.165, 1.54) is 14.0 Å². The monoisotopic (exact) mass is 372 g/mol. The van der Waals surface area contributed by atoms with Crippen LogP contribution in [-0.2, 0) is 26.2 Å². The minimum Gasteiger partial charge on any atom is -0.494 e. The Morgan fingerprint density at radius 2 is 1.88 bits per heavy atom. The van der Waals surface area contributed by atoms with Crippen molar-refractivity contribution in [1.29, 1.82) is 0 Å². The van der Waals surface area contributed by atoms with E-state index in [9.17, 15) is 18.0 Å². The molecule has 0 saturated carbocycles. The van der Waals surface area contributed by atoms with Gasteiger partial charge < -0.3 is 15.2 Å². The van der Waals surface area contributed by atoms with Gasteiger partial charge in [0.1, 0.15) is 5.75 Å². The highest BCUT2D eigenvalue weighted by molar-refractivity contribution is 7.89. The Bertz CT molecular complexity index is 672. The standard InChI is InChI=1S/C16H24N2O6S/c1-3-25(22,23)18(2)12-15(19)17-11-13-6-8-14(9-7-13)24-10-4-5-16(20)21/h6-9H,3-5,10-12H2,1-2H3,(H,17,19)(H,20,21). The lowest BCUT2D eigenvalue weighted by Gasteiger charge is -2.15. The van der Waals surface area contributed by atoms with Crippen molar-refractivity contribution in [1.82, 2.24) is 9.62 Å². The number of sulfonamides is 1. The van der Waals surface area contributed by atoms with Crippen molar-refractivity contribution in [3.63, 3.8) is 0 Å². The number of rotatable bonds is 11. The van der Waals surface area contributed by atoms with Crippen molar-refractivity contribution >= 4 is 21.9 Å². The van der Waals surface area contributed by atoms with Crippen LogP contribution in [0.25, 0.3) is 0 Å². The van der Waals surface area contributed by atoms with Crippen LogP contribution in [0.4, 0.5) is 0 Å². The summed E-state index contributed by atoms with van der Waals surface area (Å²) in [4.78, 5) is 22.2. The highest BCUT2D eigenvalue weighted by atomic mass is 32.2. The van der Waals surface area contributed by atoms with Gasteiger partial charge in [-0.25, -0.2) is 8.42 Å². The number of carboxylic acids is 1. The van der Waals surface area contributed by atoms with Gasteiger partial charge in [0.25, 0.3) is 0 Å². The Balaban J connectivity index is 2.38. The zero-order valence-corrected chi connectivity index (χ0v) is 15.2. The van der Waals surface area contributed by atoms with E-state index in [1.807, 2.05) is 0 Å². The fourth-order valence-electron chi connectivity index (χ4n) is 1.89. The molecule has 0 unspecified atom stereocenters. The van der Waals surface area contributed by atoms with E-state index in [1.54, 1.807) is 24.3 Å². The molecule has 0 saturated heterocycles. The second kappa shape index (κ2) is 10.00. The van der Waals surface area contributed by atoms with Gasteiger partial charge >= 0.3 is 5.97 Å². The van der Waals surface area contributed by atoms with Gasteiger partial charge in [0.2, 0.25) is 15.9 Å². The average molecular weight is 372 g/mol. The van der Waals surface area contributed by atoms with Crippen LogP contribution in [0.3, 0.4) is 0 Å². The number of amides is 1. The van der Waals surface area contributed by atoms with Crippen molar-refractivity contribution in [2.45, 2.75) is 26.3 Å². The van der Waals surface area contributed by atoms with Crippen LogP contribution in [0.2, 0.25) is 0 Å². The maximum atomic E-state index is 11.8. The second-order valence-electron chi connectivity index (χ2n) is 5.42. The van der Waals surface area contributed by atoms with E-state index in [2.05, 4.69) is 5.32 Å². The predicted molar refractivity (Wildman–Crippen MR) is 92.7 cm³/mol. The molecule has 0 atom stereocenters. The first-order chi connectivity index (χ1) is 11.7. The summed E-state index contributed by atoms with van der Waals surface area (Å²) in [6.45, 7) is 1.90. The molecule has 140 valence electrons. The Morgan fingerprint density at radius 1 is 1.24 bits per heavy atom. The Kier molecular flexibility index (Phi) is 8.36. The molecule has 0 spiro atoms. The molecule has 9 heteroatoms. The fourth-order valence-corrected chi connectivity index (χ4v) is 2.65.